The molecule has 1 spiro atoms. The standard InChI is InChI=1S/C16H17N3O3/c17-11-12-1-3-13(4-2-12)19-10-7-16(14(19)20)5-8-18(9-6-16)15(21)22/h1-4H,5-10H2,(H,21,22). The van der Waals surface area contributed by atoms with Crippen molar-refractivity contribution in [2.75, 3.05) is 24.5 Å². The number of carboxylic acid groups (broad SMARTS) is 1. The first kappa shape index (κ1) is 14.4. The summed E-state index contributed by atoms with van der Waals surface area (Å²) in [6, 6.07) is 9.07. The number of rotatable bonds is 1. The third-order valence-corrected chi connectivity index (χ3v) is 4.81. The van der Waals surface area contributed by atoms with Gasteiger partial charge in [-0.3, -0.25) is 4.79 Å². The zero-order valence-corrected chi connectivity index (χ0v) is 12.2. The summed E-state index contributed by atoms with van der Waals surface area (Å²) in [5, 5.41) is 17.9. The van der Waals surface area contributed by atoms with Crippen molar-refractivity contribution < 1.29 is 14.7 Å². The van der Waals surface area contributed by atoms with E-state index in [0.29, 0.717) is 38.0 Å². The average molecular weight is 299 g/mol. The lowest BCUT2D eigenvalue weighted by atomic mass is 9.77. The third kappa shape index (κ3) is 2.29. The summed E-state index contributed by atoms with van der Waals surface area (Å²) < 4.78 is 0. The van der Waals surface area contributed by atoms with Crippen LogP contribution in [0.4, 0.5) is 10.5 Å². The summed E-state index contributed by atoms with van der Waals surface area (Å²) in [6.07, 6.45) is 1.03. The Hall–Kier alpha value is -2.55. The Morgan fingerprint density at radius 3 is 2.27 bits per heavy atom. The number of hydrogen-bond acceptors (Lipinski definition) is 3. The molecule has 2 aliphatic heterocycles. The fraction of sp³-hybridized carbons (Fsp3) is 0.438. The number of amides is 2. The number of carbonyl (C=O) groups excluding carboxylic acids is 1. The van der Waals surface area contributed by atoms with E-state index in [9.17, 15) is 9.59 Å². The van der Waals surface area contributed by atoms with Gasteiger partial charge in [-0.25, -0.2) is 4.79 Å². The first-order valence-corrected chi connectivity index (χ1v) is 7.36. The summed E-state index contributed by atoms with van der Waals surface area (Å²) in [4.78, 5) is 26.9. The highest BCUT2D eigenvalue weighted by molar-refractivity contribution is 6.00. The highest BCUT2D eigenvalue weighted by atomic mass is 16.4. The largest absolute Gasteiger partial charge is 0.465 e. The highest BCUT2D eigenvalue weighted by Crippen LogP contribution is 2.43. The molecule has 0 bridgehead atoms. The second kappa shape index (κ2) is 5.34. The van der Waals surface area contributed by atoms with Crippen LogP contribution in [0, 0.1) is 16.7 Å². The lowest BCUT2D eigenvalue weighted by Crippen LogP contribution is -2.46. The molecule has 1 N–H and O–H groups in total. The molecule has 0 radical (unpaired) electrons. The van der Waals surface area contributed by atoms with Gasteiger partial charge in [-0.2, -0.15) is 5.26 Å². The van der Waals surface area contributed by atoms with Gasteiger partial charge in [0.05, 0.1) is 17.0 Å². The van der Waals surface area contributed by atoms with Crippen LogP contribution in [-0.2, 0) is 4.79 Å². The maximum absolute atomic E-state index is 12.8. The zero-order valence-electron chi connectivity index (χ0n) is 12.2. The van der Waals surface area contributed by atoms with Crippen molar-refractivity contribution in [2.24, 2.45) is 5.41 Å². The molecular weight excluding hydrogens is 282 g/mol. The van der Waals surface area contributed by atoms with Crippen molar-refractivity contribution in [3.8, 4) is 6.07 Å². The minimum absolute atomic E-state index is 0.0854. The molecule has 2 saturated heterocycles. The molecule has 1 aromatic carbocycles. The van der Waals surface area contributed by atoms with Crippen LogP contribution in [0.15, 0.2) is 24.3 Å². The summed E-state index contributed by atoms with van der Waals surface area (Å²) in [5.41, 5.74) is 0.959. The molecule has 0 aliphatic carbocycles. The number of likely N-dealkylation sites (tertiary alicyclic amines) is 1. The smallest absolute Gasteiger partial charge is 0.407 e. The van der Waals surface area contributed by atoms with Crippen molar-refractivity contribution in [3.63, 3.8) is 0 Å². The highest BCUT2D eigenvalue weighted by Gasteiger charge is 2.48. The van der Waals surface area contributed by atoms with Gasteiger partial charge in [0.25, 0.3) is 0 Å². The molecular formula is C16H17N3O3. The van der Waals surface area contributed by atoms with Gasteiger partial charge in [-0.1, -0.05) is 0 Å². The lowest BCUT2D eigenvalue weighted by molar-refractivity contribution is -0.127. The molecule has 2 heterocycles. The molecule has 3 rings (SSSR count). The number of piperidine rings is 1. The number of nitrogens with zero attached hydrogens (tertiary/aromatic N) is 3. The summed E-state index contributed by atoms with van der Waals surface area (Å²) in [6.45, 7) is 1.49. The topological polar surface area (TPSA) is 84.6 Å². The Labute approximate surface area is 128 Å². The Morgan fingerprint density at radius 1 is 1.14 bits per heavy atom. The monoisotopic (exact) mass is 299 g/mol. The molecule has 0 atom stereocenters. The van der Waals surface area contributed by atoms with E-state index in [4.69, 9.17) is 10.4 Å². The van der Waals surface area contributed by atoms with Crippen LogP contribution in [0.2, 0.25) is 0 Å². The first-order valence-electron chi connectivity index (χ1n) is 7.36. The van der Waals surface area contributed by atoms with Crippen LogP contribution in [0.3, 0.4) is 0 Å². The number of hydrogen-bond donors (Lipinski definition) is 1. The summed E-state index contributed by atoms with van der Waals surface area (Å²) in [7, 11) is 0. The Balaban J connectivity index is 1.75. The molecule has 22 heavy (non-hydrogen) atoms. The second-order valence-electron chi connectivity index (χ2n) is 5.92. The van der Waals surface area contributed by atoms with Crippen molar-refractivity contribution in [1.82, 2.24) is 4.90 Å². The normalized spacial score (nSPS) is 20.2. The molecule has 0 unspecified atom stereocenters. The Morgan fingerprint density at radius 2 is 1.73 bits per heavy atom. The predicted octanol–water partition coefficient (Wildman–Crippen LogP) is 2.06. The lowest BCUT2D eigenvalue weighted by Gasteiger charge is -2.36. The number of carbonyl (C=O) groups is 2. The van der Waals surface area contributed by atoms with Crippen molar-refractivity contribution in [1.29, 1.82) is 5.26 Å². The van der Waals surface area contributed by atoms with Crippen molar-refractivity contribution in [3.05, 3.63) is 29.8 Å². The summed E-state index contributed by atoms with van der Waals surface area (Å²) in [5.74, 6) is 0.0854. The minimum atomic E-state index is -0.913. The third-order valence-electron chi connectivity index (χ3n) is 4.81. The van der Waals surface area contributed by atoms with Crippen molar-refractivity contribution >= 4 is 17.7 Å². The number of nitriles is 1. The molecule has 2 aliphatic rings. The molecule has 2 amide bonds. The van der Waals surface area contributed by atoms with Crippen LogP contribution < -0.4 is 4.90 Å². The Kier molecular flexibility index (Phi) is 3.49. The van der Waals surface area contributed by atoms with Gasteiger partial charge >= 0.3 is 6.09 Å². The molecule has 0 saturated carbocycles. The van der Waals surface area contributed by atoms with Crippen LogP contribution in [-0.4, -0.2) is 41.6 Å². The number of anilines is 1. The van der Waals surface area contributed by atoms with Gasteiger partial charge in [-0.15, -0.1) is 0 Å². The SMILES string of the molecule is N#Cc1ccc(N2CCC3(CCN(C(=O)O)CC3)C2=O)cc1. The van der Waals surface area contributed by atoms with Gasteiger partial charge in [0.15, 0.2) is 0 Å². The van der Waals surface area contributed by atoms with Gasteiger partial charge in [-0.05, 0) is 43.5 Å². The molecule has 6 heteroatoms. The summed E-state index contributed by atoms with van der Waals surface area (Å²) >= 11 is 0. The number of benzene rings is 1. The predicted molar refractivity (Wildman–Crippen MR) is 79.4 cm³/mol. The van der Waals surface area contributed by atoms with E-state index in [-0.39, 0.29) is 5.91 Å². The van der Waals surface area contributed by atoms with E-state index in [0.717, 1.165) is 12.1 Å². The first-order chi connectivity index (χ1) is 10.6. The molecule has 2 fully saturated rings. The maximum Gasteiger partial charge on any atom is 0.407 e. The fourth-order valence-corrected chi connectivity index (χ4v) is 3.37. The minimum Gasteiger partial charge on any atom is -0.465 e. The van der Waals surface area contributed by atoms with E-state index < -0.39 is 11.5 Å². The second-order valence-corrected chi connectivity index (χ2v) is 5.92. The van der Waals surface area contributed by atoms with Crippen LogP contribution in [0.25, 0.3) is 0 Å². The maximum atomic E-state index is 12.8. The Bertz CT molecular complexity index is 640. The van der Waals surface area contributed by atoms with E-state index in [2.05, 4.69) is 6.07 Å². The average Bonchev–Trinajstić information content (AvgIpc) is 2.85. The molecule has 6 nitrogen and oxygen atoms in total. The van der Waals surface area contributed by atoms with Gasteiger partial charge in [0.2, 0.25) is 5.91 Å². The van der Waals surface area contributed by atoms with E-state index >= 15 is 0 Å². The van der Waals surface area contributed by atoms with Crippen LogP contribution in [0.1, 0.15) is 24.8 Å². The fourth-order valence-electron chi connectivity index (χ4n) is 3.37. The molecule has 114 valence electrons. The molecule has 1 aromatic rings. The van der Waals surface area contributed by atoms with Crippen molar-refractivity contribution in [2.45, 2.75) is 19.3 Å². The van der Waals surface area contributed by atoms with E-state index in [1.165, 1.54) is 4.90 Å². The van der Waals surface area contributed by atoms with Gasteiger partial charge in [0.1, 0.15) is 0 Å². The van der Waals surface area contributed by atoms with Crippen LogP contribution in [0.5, 0.6) is 0 Å². The molecule has 0 aromatic heterocycles. The van der Waals surface area contributed by atoms with E-state index in [1.54, 1.807) is 29.2 Å². The van der Waals surface area contributed by atoms with Crippen LogP contribution >= 0.6 is 0 Å². The van der Waals surface area contributed by atoms with Gasteiger partial charge in [0, 0.05) is 25.3 Å². The van der Waals surface area contributed by atoms with Gasteiger partial charge < -0.3 is 14.9 Å². The zero-order chi connectivity index (χ0) is 15.7. The quantitative estimate of drug-likeness (QED) is 0.860. The van der Waals surface area contributed by atoms with E-state index in [1.807, 2.05) is 0 Å².